The van der Waals surface area contributed by atoms with Crippen molar-refractivity contribution < 1.29 is 9.47 Å². The molecule has 0 aliphatic rings. The first-order valence-electron chi connectivity index (χ1n) is 5.96. The minimum atomic E-state index is 0. The van der Waals surface area contributed by atoms with Crippen LogP contribution >= 0.6 is 24.0 Å². The van der Waals surface area contributed by atoms with E-state index in [0.29, 0.717) is 12.5 Å². The van der Waals surface area contributed by atoms with Crippen molar-refractivity contribution in [3.63, 3.8) is 0 Å². The van der Waals surface area contributed by atoms with Crippen LogP contribution in [-0.4, -0.2) is 26.7 Å². The fourth-order valence-electron chi connectivity index (χ4n) is 1.46. The first-order chi connectivity index (χ1) is 8.71. The van der Waals surface area contributed by atoms with Gasteiger partial charge in [0.1, 0.15) is 11.5 Å². The first-order valence-corrected chi connectivity index (χ1v) is 5.96. The van der Waals surface area contributed by atoms with E-state index < -0.39 is 0 Å². The zero-order valence-corrected chi connectivity index (χ0v) is 13.9. The van der Waals surface area contributed by atoms with Crippen LogP contribution in [0.25, 0.3) is 0 Å². The quantitative estimate of drug-likeness (QED) is 0.452. The largest absolute Gasteiger partial charge is 0.497 e. The van der Waals surface area contributed by atoms with Crippen molar-refractivity contribution in [2.75, 3.05) is 20.8 Å². The van der Waals surface area contributed by atoms with Gasteiger partial charge in [0, 0.05) is 18.2 Å². The molecule has 0 heterocycles. The molecule has 0 fully saturated rings. The van der Waals surface area contributed by atoms with Crippen LogP contribution < -0.4 is 20.5 Å². The van der Waals surface area contributed by atoms with Gasteiger partial charge < -0.3 is 20.5 Å². The molecule has 0 bridgehead atoms. The molecule has 5 nitrogen and oxygen atoms in total. The van der Waals surface area contributed by atoms with Gasteiger partial charge in [0.2, 0.25) is 0 Å². The minimum absolute atomic E-state index is 0. The van der Waals surface area contributed by atoms with E-state index in [-0.39, 0.29) is 24.0 Å². The summed E-state index contributed by atoms with van der Waals surface area (Å²) >= 11 is 0. The van der Waals surface area contributed by atoms with Gasteiger partial charge in [-0.05, 0) is 18.6 Å². The van der Waals surface area contributed by atoms with Crippen LogP contribution in [0.3, 0.4) is 0 Å². The maximum atomic E-state index is 5.73. The summed E-state index contributed by atoms with van der Waals surface area (Å²) in [6, 6.07) is 5.64. The van der Waals surface area contributed by atoms with Gasteiger partial charge in [-0.1, -0.05) is 6.92 Å². The Balaban J connectivity index is 0.00000324. The van der Waals surface area contributed by atoms with Crippen LogP contribution in [0.2, 0.25) is 0 Å². The highest BCUT2D eigenvalue weighted by molar-refractivity contribution is 14.0. The SMILES string of the molecule is CCCNC(N)=NCc1ccc(OC)cc1OC.I. The van der Waals surface area contributed by atoms with Crippen molar-refractivity contribution in [2.24, 2.45) is 10.7 Å². The molecule has 6 heteroatoms. The Morgan fingerprint density at radius 1 is 1.32 bits per heavy atom. The number of rotatable bonds is 6. The summed E-state index contributed by atoms with van der Waals surface area (Å²) in [6.07, 6.45) is 1.02. The smallest absolute Gasteiger partial charge is 0.188 e. The lowest BCUT2D eigenvalue weighted by Gasteiger charge is -2.09. The second-order valence-electron chi connectivity index (χ2n) is 3.81. The molecule has 0 aliphatic carbocycles. The molecule has 0 radical (unpaired) electrons. The van der Waals surface area contributed by atoms with Crippen LogP contribution in [0, 0.1) is 0 Å². The number of nitrogens with one attached hydrogen (secondary N) is 1. The summed E-state index contributed by atoms with van der Waals surface area (Å²) in [6.45, 7) is 3.39. The molecule has 0 unspecified atom stereocenters. The number of aliphatic imine (C=N–C) groups is 1. The maximum Gasteiger partial charge on any atom is 0.188 e. The number of nitrogens with two attached hydrogens (primary N) is 1. The van der Waals surface area contributed by atoms with Crippen LogP contribution in [0.5, 0.6) is 11.5 Å². The molecule has 0 saturated heterocycles. The molecule has 3 N–H and O–H groups in total. The third kappa shape index (κ3) is 6.00. The van der Waals surface area contributed by atoms with E-state index in [1.165, 1.54) is 0 Å². The highest BCUT2D eigenvalue weighted by atomic mass is 127. The average molecular weight is 379 g/mol. The standard InChI is InChI=1S/C13H21N3O2.HI/c1-4-7-15-13(14)16-9-10-5-6-11(17-2)8-12(10)18-3;/h5-6,8H,4,7,9H2,1-3H3,(H3,14,15,16);1H. The molecule has 0 aliphatic heterocycles. The Morgan fingerprint density at radius 3 is 2.63 bits per heavy atom. The number of halogens is 1. The molecule has 108 valence electrons. The van der Waals surface area contributed by atoms with Crippen molar-refractivity contribution in [1.29, 1.82) is 0 Å². The monoisotopic (exact) mass is 379 g/mol. The molecular formula is C13H22IN3O2. The van der Waals surface area contributed by atoms with Crippen LogP contribution in [-0.2, 0) is 6.54 Å². The summed E-state index contributed by atoms with van der Waals surface area (Å²) < 4.78 is 10.4. The van der Waals surface area contributed by atoms with E-state index >= 15 is 0 Å². The molecule has 0 spiro atoms. The van der Waals surface area contributed by atoms with Crippen molar-refractivity contribution in [3.05, 3.63) is 23.8 Å². The van der Waals surface area contributed by atoms with E-state index in [0.717, 1.165) is 30.0 Å². The number of hydrogen-bond donors (Lipinski definition) is 2. The lowest BCUT2D eigenvalue weighted by Crippen LogP contribution is -2.32. The summed E-state index contributed by atoms with van der Waals surface area (Å²) in [5.74, 6) is 1.97. The number of methoxy groups -OCH3 is 2. The highest BCUT2D eigenvalue weighted by Crippen LogP contribution is 2.24. The molecule has 1 aromatic carbocycles. The average Bonchev–Trinajstić information content (AvgIpc) is 2.42. The Morgan fingerprint density at radius 2 is 2.05 bits per heavy atom. The topological polar surface area (TPSA) is 68.9 Å². The zero-order chi connectivity index (χ0) is 13.4. The van der Waals surface area contributed by atoms with Gasteiger partial charge in [-0.2, -0.15) is 0 Å². The summed E-state index contributed by atoms with van der Waals surface area (Å²) in [5, 5.41) is 3.02. The normalized spacial score (nSPS) is 10.6. The van der Waals surface area contributed by atoms with Crippen molar-refractivity contribution in [1.82, 2.24) is 5.32 Å². The second-order valence-corrected chi connectivity index (χ2v) is 3.81. The van der Waals surface area contributed by atoms with Gasteiger partial charge in [0.15, 0.2) is 5.96 Å². The zero-order valence-electron chi connectivity index (χ0n) is 11.6. The third-order valence-electron chi connectivity index (χ3n) is 2.47. The Kier molecular flexibility index (Phi) is 9.11. The summed E-state index contributed by atoms with van der Waals surface area (Å²) in [7, 11) is 3.25. The van der Waals surface area contributed by atoms with Gasteiger partial charge in [-0.3, -0.25) is 0 Å². The van der Waals surface area contributed by atoms with Crippen molar-refractivity contribution >= 4 is 29.9 Å². The Hall–Kier alpha value is -1.18. The number of ether oxygens (including phenoxy) is 2. The highest BCUT2D eigenvalue weighted by Gasteiger charge is 2.04. The Labute approximate surface area is 131 Å². The predicted molar refractivity (Wildman–Crippen MR) is 88.6 cm³/mol. The fourth-order valence-corrected chi connectivity index (χ4v) is 1.46. The molecule has 19 heavy (non-hydrogen) atoms. The number of nitrogens with zero attached hydrogens (tertiary/aromatic N) is 1. The van der Waals surface area contributed by atoms with Gasteiger partial charge in [0.05, 0.1) is 20.8 Å². The minimum Gasteiger partial charge on any atom is -0.497 e. The summed E-state index contributed by atoms with van der Waals surface area (Å²) in [4.78, 5) is 4.26. The van der Waals surface area contributed by atoms with Crippen LogP contribution in [0.4, 0.5) is 0 Å². The molecule has 0 saturated carbocycles. The van der Waals surface area contributed by atoms with Gasteiger partial charge in [0.25, 0.3) is 0 Å². The first kappa shape index (κ1) is 17.8. The molecule has 0 aromatic heterocycles. The maximum absolute atomic E-state index is 5.73. The van der Waals surface area contributed by atoms with Gasteiger partial charge in [-0.25, -0.2) is 4.99 Å². The second kappa shape index (κ2) is 9.71. The van der Waals surface area contributed by atoms with E-state index in [9.17, 15) is 0 Å². The molecule has 1 rings (SSSR count). The van der Waals surface area contributed by atoms with E-state index in [4.69, 9.17) is 15.2 Å². The molecular weight excluding hydrogens is 357 g/mol. The summed E-state index contributed by atoms with van der Waals surface area (Å²) in [5.41, 5.74) is 6.70. The fraction of sp³-hybridized carbons (Fsp3) is 0.462. The van der Waals surface area contributed by atoms with E-state index in [1.54, 1.807) is 14.2 Å². The molecule has 1 aromatic rings. The molecule has 0 amide bonds. The lowest BCUT2D eigenvalue weighted by atomic mass is 10.2. The number of hydrogen-bond acceptors (Lipinski definition) is 3. The van der Waals surface area contributed by atoms with Crippen LogP contribution in [0.15, 0.2) is 23.2 Å². The van der Waals surface area contributed by atoms with E-state index in [1.807, 2.05) is 18.2 Å². The van der Waals surface area contributed by atoms with Crippen molar-refractivity contribution in [3.8, 4) is 11.5 Å². The lowest BCUT2D eigenvalue weighted by molar-refractivity contribution is 0.391. The van der Waals surface area contributed by atoms with Gasteiger partial charge >= 0.3 is 0 Å². The van der Waals surface area contributed by atoms with Crippen molar-refractivity contribution in [2.45, 2.75) is 19.9 Å². The third-order valence-corrected chi connectivity index (χ3v) is 2.47. The van der Waals surface area contributed by atoms with E-state index in [2.05, 4.69) is 17.2 Å². The van der Waals surface area contributed by atoms with Gasteiger partial charge in [-0.15, -0.1) is 24.0 Å². The number of guanidine groups is 1. The van der Waals surface area contributed by atoms with Crippen LogP contribution in [0.1, 0.15) is 18.9 Å². The molecule has 0 atom stereocenters. The Bertz CT molecular complexity index is 411. The number of benzene rings is 1. The predicted octanol–water partition coefficient (Wildman–Crippen LogP) is 2.14.